The van der Waals surface area contributed by atoms with Crippen LogP contribution in [0.2, 0.25) is 0 Å². The van der Waals surface area contributed by atoms with E-state index in [-0.39, 0.29) is 11.8 Å². The lowest BCUT2D eigenvalue weighted by Gasteiger charge is -2.19. The van der Waals surface area contributed by atoms with Crippen LogP contribution in [0.3, 0.4) is 0 Å². The zero-order chi connectivity index (χ0) is 27.3. The van der Waals surface area contributed by atoms with E-state index in [1.54, 1.807) is 24.5 Å². The Morgan fingerprint density at radius 3 is 2.11 bits per heavy atom. The molecule has 0 fully saturated rings. The molecule has 4 rings (SSSR count). The van der Waals surface area contributed by atoms with Crippen LogP contribution in [0, 0.1) is 0 Å². The number of nitrogens with one attached hydrogen (secondary N) is 2. The van der Waals surface area contributed by atoms with Crippen molar-refractivity contribution in [2.45, 2.75) is 38.6 Å². The third kappa shape index (κ3) is 6.42. The molecule has 3 N–H and O–H groups in total. The minimum atomic E-state index is -1.09. The number of benzene rings is 3. The molecule has 1 heterocycles. The van der Waals surface area contributed by atoms with Gasteiger partial charge in [-0.25, -0.2) is 14.8 Å². The highest BCUT2D eigenvalue weighted by Crippen LogP contribution is 2.24. The SMILES string of the molecule is CNc1cccc(-c2cnc(-c3ccc(C[C@H](NC(=O)c4ccc(C(C)(C)C)cc4)C(=O)O)cc3)nc2)c1. The van der Waals surface area contributed by atoms with E-state index in [9.17, 15) is 14.7 Å². The number of carboxylic acids is 1. The van der Waals surface area contributed by atoms with Crippen LogP contribution in [0.4, 0.5) is 5.69 Å². The number of amides is 1. The summed E-state index contributed by atoms with van der Waals surface area (Å²) in [6, 6.07) is 21.6. The summed E-state index contributed by atoms with van der Waals surface area (Å²) in [6.07, 6.45) is 3.73. The van der Waals surface area contributed by atoms with Gasteiger partial charge in [0.15, 0.2) is 5.82 Å². The summed E-state index contributed by atoms with van der Waals surface area (Å²) < 4.78 is 0. The maximum Gasteiger partial charge on any atom is 0.326 e. The number of aliphatic carboxylic acids is 1. The van der Waals surface area contributed by atoms with Crippen molar-refractivity contribution in [3.63, 3.8) is 0 Å². The van der Waals surface area contributed by atoms with E-state index in [1.807, 2.05) is 67.7 Å². The van der Waals surface area contributed by atoms with Crippen molar-refractivity contribution in [2.75, 3.05) is 12.4 Å². The summed E-state index contributed by atoms with van der Waals surface area (Å²) in [5.74, 6) is -0.926. The monoisotopic (exact) mass is 508 g/mol. The zero-order valence-corrected chi connectivity index (χ0v) is 22.0. The second-order valence-corrected chi connectivity index (χ2v) is 10.2. The summed E-state index contributed by atoms with van der Waals surface area (Å²) in [6.45, 7) is 6.29. The number of hydrogen-bond acceptors (Lipinski definition) is 5. The van der Waals surface area contributed by atoms with Crippen molar-refractivity contribution in [1.82, 2.24) is 15.3 Å². The highest BCUT2D eigenvalue weighted by atomic mass is 16.4. The lowest BCUT2D eigenvalue weighted by molar-refractivity contribution is -0.139. The summed E-state index contributed by atoms with van der Waals surface area (Å²) in [7, 11) is 1.88. The largest absolute Gasteiger partial charge is 0.480 e. The second-order valence-electron chi connectivity index (χ2n) is 10.2. The molecule has 0 bridgehead atoms. The van der Waals surface area contributed by atoms with Crippen molar-refractivity contribution in [2.24, 2.45) is 0 Å². The Kier molecular flexibility index (Phi) is 7.86. The molecule has 1 amide bonds. The predicted octanol–water partition coefficient (Wildman–Crippen LogP) is 5.58. The first-order valence-electron chi connectivity index (χ1n) is 12.5. The van der Waals surface area contributed by atoms with E-state index in [0.717, 1.165) is 33.5 Å². The molecule has 1 aromatic heterocycles. The summed E-state index contributed by atoms with van der Waals surface area (Å²) in [5.41, 5.74) is 6.04. The molecule has 0 spiro atoms. The fourth-order valence-corrected chi connectivity index (χ4v) is 4.07. The molecule has 0 aliphatic heterocycles. The van der Waals surface area contributed by atoms with Gasteiger partial charge in [-0.1, -0.05) is 69.3 Å². The van der Waals surface area contributed by atoms with Gasteiger partial charge in [-0.15, -0.1) is 0 Å². The summed E-state index contributed by atoms with van der Waals surface area (Å²) in [5, 5.41) is 15.5. The molecule has 194 valence electrons. The molecule has 3 aromatic carbocycles. The van der Waals surface area contributed by atoms with Gasteiger partial charge in [0, 0.05) is 48.2 Å². The van der Waals surface area contributed by atoms with Crippen LogP contribution in [-0.4, -0.2) is 40.0 Å². The Hall–Kier alpha value is -4.52. The third-order valence-electron chi connectivity index (χ3n) is 6.40. The van der Waals surface area contributed by atoms with Crippen LogP contribution in [-0.2, 0) is 16.6 Å². The predicted molar refractivity (Wildman–Crippen MR) is 150 cm³/mol. The Labute approximate surface area is 223 Å². The van der Waals surface area contributed by atoms with Crippen molar-refractivity contribution in [3.8, 4) is 22.5 Å². The van der Waals surface area contributed by atoms with Crippen LogP contribution < -0.4 is 10.6 Å². The normalized spacial score (nSPS) is 12.0. The Bertz CT molecular complexity index is 1410. The Morgan fingerprint density at radius 1 is 0.868 bits per heavy atom. The number of carboxylic acid groups (broad SMARTS) is 1. The minimum Gasteiger partial charge on any atom is -0.480 e. The van der Waals surface area contributed by atoms with Gasteiger partial charge in [0.05, 0.1) is 0 Å². The average Bonchev–Trinajstić information content (AvgIpc) is 2.92. The molecule has 0 unspecified atom stereocenters. The molecule has 0 radical (unpaired) electrons. The standard InChI is InChI=1S/C31H32N4O3/c1-31(2,3)25-14-12-22(13-15-25)29(36)35-27(30(37)38)16-20-8-10-21(11-9-20)28-33-18-24(19-34-28)23-6-5-7-26(17-23)32-4/h5-15,17-19,27,32H,16H2,1-4H3,(H,35,36)(H,37,38)/t27-/m0/s1. The summed E-state index contributed by atoms with van der Waals surface area (Å²) >= 11 is 0. The molecule has 0 aliphatic rings. The van der Waals surface area contributed by atoms with Crippen molar-refractivity contribution in [1.29, 1.82) is 0 Å². The van der Waals surface area contributed by atoms with E-state index in [1.165, 1.54) is 0 Å². The van der Waals surface area contributed by atoms with E-state index >= 15 is 0 Å². The van der Waals surface area contributed by atoms with E-state index in [4.69, 9.17) is 0 Å². The van der Waals surface area contributed by atoms with Gasteiger partial charge in [-0.3, -0.25) is 4.79 Å². The lowest BCUT2D eigenvalue weighted by atomic mass is 9.86. The van der Waals surface area contributed by atoms with E-state index in [2.05, 4.69) is 41.4 Å². The van der Waals surface area contributed by atoms with Crippen LogP contribution in [0.1, 0.15) is 42.3 Å². The molecule has 4 aromatic rings. The average molecular weight is 509 g/mol. The second kappa shape index (κ2) is 11.3. The van der Waals surface area contributed by atoms with E-state index in [0.29, 0.717) is 11.4 Å². The Morgan fingerprint density at radius 2 is 1.53 bits per heavy atom. The molecular weight excluding hydrogens is 476 g/mol. The number of aromatic nitrogens is 2. The van der Waals surface area contributed by atoms with Gasteiger partial charge in [-0.05, 0) is 46.4 Å². The number of anilines is 1. The van der Waals surface area contributed by atoms with Crippen molar-refractivity contribution >= 4 is 17.6 Å². The van der Waals surface area contributed by atoms with Crippen LogP contribution in [0.5, 0.6) is 0 Å². The van der Waals surface area contributed by atoms with Crippen LogP contribution in [0.25, 0.3) is 22.5 Å². The summed E-state index contributed by atoms with van der Waals surface area (Å²) in [4.78, 5) is 33.6. The fraction of sp³-hybridized carbons (Fsp3) is 0.226. The topological polar surface area (TPSA) is 104 Å². The van der Waals surface area contributed by atoms with Gasteiger partial charge < -0.3 is 15.7 Å². The number of rotatable bonds is 8. The van der Waals surface area contributed by atoms with Gasteiger partial charge in [0.25, 0.3) is 5.91 Å². The Balaban J connectivity index is 1.42. The van der Waals surface area contributed by atoms with Crippen molar-refractivity contribution in [3.05, 3.63) is 102 Å². The first-order chi connectivity index (χ1) is 18.1. The molecular formula is C31H32N4O3. The van der Waals surface area contributed by atoms with Crippen LogP contribution in [0.15, 0.2) is 85.2 Å². The van der Waals surface area contributed by atoms with Gasteiger partial charge in [0.2, 0.25) is 0 Å². The zero-order valence-electron chi connectivity index (χ0n) is 22.0. The quantitative estimate of drug-likeness (QED) is 0.287. The number of nitrogens with zero attached hydrogens (tertiary/aromatic N) is 2. The maximum absolute atomic E-state index is 12.7. The number of carbonyl (C=O) groups is 2. The molecule has 0 aliphatic carbocycles. The molecule has 1 atom stereocenters. The van der Waals surface area contributed by atoms with Gasteiger partial charge in [-0.2, -0.15) is 0 Å². The number of hydrogen-bond donors (Lipinski definition) is 3. The number of carbonyl (C=O) groups excluding carboxylic acids is 1. The molecule has 38 heavy (non-hydrogen) atoms. The molecule has 7 nitrogen and oxygen atoms in total. The van der Waals surface area contributed by atoms with Gasteiger partial charge in [0.1, 0.15) is 6.04 Å². The molecule has 7 heteroatoms. The minimum absolute atomic E-state index is 0.0316. The lowest BCUT2D eigenvalue weighted by Crippen LogP contribution is -2.42. The third-order valence-corrected chi connectivity index (χ3v) is 6.40. The molecule has 0 saturated heterocycles. The smallest absolute Gasteiger partial charge is 0.326 e. The highest BCUT2D eigenvalue weighted by Gasteiger charge is 2.22. The highest BCUT2D eigenvalue weighted by molar-refractivity contribution is 5.96. The van der Waals surface area contributed by atoms with Crippen LogP contribution >= 0.6 is 0 Å². The van der Waals surface area contributed by atoms with Gasteiger partial charge >= 0.3 is 5.97 Å². The first-order valence-corrected chi connectivity index (χ1v) is 12.5. The fourth-order valence-electron chi connectivity index (χ4n) is 4.07. The molecule has 0 saturated carbocycles. The first kappa shape index (κ1) is 26.5. The maximum atomic E-state index is 12.7. The van der Waals surface area contributed by atoms with E-state index < -0.39 is 17.9 Å². The van der Waals surface area contributed by atoms with Crippen molar-refractivity contribution < 1.29 is 14.7 Å².